The van der Waals surface area contributed by atoms with Crippen molar-refractivity contribution < 1.29 is 13.2 Å². The molecule has 1 amide bonds. The second kappa shape index (κ2) is 12.9. The molecular formula is C18H38N4O3S. The second-order valence-corrected chi connectivity index (χ2v) is 9.47. The molecule has 0 heterocycles. The molecule has 0 radical (unpaired) electrons. The summed E-state index contributed by atoms with van der Waals surface area (Å²) in [5.74, 6) is 1.17. The average Bonchev–Trinajstić information content (AvgIpc) is 2.56. The lowest BCUT2D eigenvalue weighted by Gasteiger charge is -2.21. The summed E-state index contributed by atoms with van der Waals surface area (Å²) in [6.07, 6.45) is 6.35. The maximum Gasteiger partial charge on any atom is 0.243 e. The molecule has 2 unspecified atom stereocenters. The molecule has 8 heteroatoms. The Morgan fingerprint density at radius 1 is 1.19 bits per heavy atom. The summed E-state index contributed by atoms with van der Waals surface area (Å²) in [5.41, 5.74) is 0. The molecule has 0 aliphatic heterocycles. The van der Waals surface area contributed by atoms with Crippen molar-refractivity contribution in [1.82, 2.24) is 15.5 Å². The standard InChI is InChI=1S/C18H38N4O3S/c1-7-9-10-16(8-2)13-19-18(20-14-17(23)22(4)5)21-15(3)11-12-26(6,24)25/h15-16H,7-14H2,1-6H3,(H2,19,20,21). The first-order valence-electron chi connectivity index (χ1n) is 9.51. The van der Waals surface area contributed by atoms with Crippen molar-refractivity contribution >= 4 is 21.7 Å². The third-order valence-corrected chi connectivity index (χ3v) is 5.25. The summed E-state index contributed by atoms with van der Waals surface area (Å²) in [6, 6.07) is -0.0545. The fraction of sp³-hybridized carbons (Fsp3) is 0.889. The fourth-order valence-corrected chi connectivity index (χ4v) is 3.10. The zero-order valence-corrected chi connectivity index (χ0v) is 18.2. The van der Waals surface area contributed by atoms with Crippen LogP contribution < -0.4 is 10.6 Å². The number of rotatable bonds is 12. The number of hydrogen-bond donors (Lipinski definition) is 2. The van der Waals surface area contributed by atoms with E-state index in [1.807, 2.05) is 6.92 Å². The van der Waals surface area contributed by atoms with Gasteiger partial charge in [0.1, 0.15) is 16.4 Å². The van der Waals surface area contributed by atoms with Gasteiger partial charge >= 0.3 is 0 Å². The van der Waals surface area contributed by atoms with Gasteiger partial charge in [-0.3, -0.25) is 4.79 Å². The van der Waals surface area contributed by atoms with E-state index in [2.05, 4.69) is 29.5 Å². The molecular weight excluding hydrogens is 352 g/mol. The highest BCUT2D eigenvalue weighted by Gasteiger charge is 2.12. The number of likely N-dealkylation sites (N-methyl/N-ethyl adjacent to an activating group) is 1. The minimum Gasteiger partial charge on any atom is -0.356 e. The molecule has 0 aliphatic rings. The van der Waals surface area contributed by atoms with Gasteiger partial charge in [-0.2, -0.15) is 0 Å². The molecule has 2 atom stereocenters. The van der Waals surface area contributed by atoms with Crippen molar-refractivity contribution in [3.8, 4) is 0 Å². The van der Waals surface area contributed by atoms with E-state index in [1.165, 1.54) is 24.0 Å². The van der Waals surface area contributed by atoms with E-state index in [1.54, 1.807) is 14.1 Å². The Labute approximate surface area is 159 Å². The Bertz CT molecular complexity index is 533. The van der Waals surface area contributed by atoms with Crippen molar-refractivity contribution in [2.45, 2.75) is 58.9 Å². The van der Waals surface area contributed by atoms with Crippen LogP contribution in [0.5, 0.6) is 0 Å². The van der Waals surface area contributed by atoms with E-state index >= 15 is 0 Å². The zero-order chi connectivity index (χ0) is 20.2. The molecule has 0 aromatic rings. The molecule has 0 rings (SSSR count). The van der Waals surface area contributed by atoms with Gasteiger partial charge in [0.2, 0.25) is 5.91 Å². The van der Waals surface area contributed by atoms with Crippen LogP contribution in [0.3, 0.4) is 0 Å². The summed E-state index contributed by atoms with van der Waals surface area (Å²) in [7, 11) is 0.406. The molecule has 0 aliphatic carbocycles. The van der Waals surface area contributed by atoms with E-state index in [4.69, 9.17) is 0 Å². The quantitative estimate of drug-likeness (QED) is 0.391. The van der Waals surface area contributed by atoms with Gasteiger partial charge in [0.05, 0.1) is 5.75 Å². The summed E-state index contributed by atoms with van der Waals surface area (Å²) in [5, 5.41) is 6.54. The van der Waals surface area contributed by atoms with Crippen molar-refractivity contribution in [3.63, 3.8) is 0 Å². The Morgan fingerprint density at radius 2 is 1.85 bits per heavy atom. The van der Waals surface area contributed by atoms with Crippen LogP contribution in [0, 0.1) is 5.92 Å². The highest BCUT2D eigenvalue weighted by molar-refractivity contribution is 7.90. The largest absolute Gasteiger partial charge is 0.356 e. The fourth-order valence-electron chi connectivity index (χ4n) is 2.32. The van der Waals surface area contributed by atoms with Crippen LogP contribution >= 0.6 is 0 Å². The summed E-state index contributed by atoms with van der Waals surface area (Å²) in [4.78, 5) is 17.7. The zero-order valence-electron chi connectivity index (χ0n) is 17.3. The number of nitrogens with one attached hydrogen (secondary N) is 2. The molecule has 2 N–H and O–H groups in total. The number of carbonyl (C=O) groups is 1. The van der Waals surface area contributed by atoms with Crippen LogP contribution in [-0.4, -0.2) is 70.4 Å². The van der Waals surface area contributed by atoms with Gasteiger partial charge in [0, 0.05) is 32.9 Å². The predicted octanol–water partition coefficient (Wildman–Crippen LogP) is 1.65. The number of nitrogens with zero attached hydrogens (tertiary/aromatic N) is 2. The molecule has 0 aromatic carbocycles. The van der Waals surface area contributed by atoms with Crippen LogP contribution in [-0.2, 0) is 14.6 Å². The molecule has 0 bridgehead atoms. The van der Waals surface area contributed by atoms with E-state index < -0.39 is 9.84 Å². The van der Waals surface area contributed by atoms with Crippen molar-refractivity contribution in [2.75, 3.05) is 39.2 Å². The van der Waals surface area contributed by atoms with Gasteiger partial charge in [0.25, 0.3) is 0 Å². The number of guanidine groups is 1. The molecule has 0 saturated carbocycles. The first-order chi connectivity index (χ1) is 12.1. The number of unbranched alkanes of at least 4 members (excludes halogenated alkanes) is 1. The van der Waals surface area contributed by atoms with Crippen LogP contribution in [0.15, 0.2) is 4.99 Å². The van der Waals surface area contributed by atoms with Gasteiger partial charge in [-0.1, -0.05) is 33.1 Å². The summed E-state index contributed by atoms with van der Waals surface area (Å²) in [6.45, 7) is 7.14. The highest BCUT2D eigenvalue weighted by atomic mass is 32.2. The molecule has 7 nitrogen and oxygen atoms in total. The number of hydrogen-bond acceptors (Lipinski definition) is 4. The third kappa shape index (κ3) is 13.0. The van der Waals surface area contributed by atoms with Crippen LogP contribution in [0.1, 0.15) is 52.9 Å². The lowest BCUT2D eigenvalue weighted by Crippen LogP contribution is -2.45. The summed E-state index contributed by atoms with van der Waals surface area (Å²) >= 11 is 0. The Hall–Kier alpha value is -1.31. The average molecular weight is 391 g/mol. The first-order valence-corrected chi connectivity index (χ1v) is 11.6. The Kier molecular flexibility index (Phi) is 12.3. The summed E-state index contributed by atoms with van der Waals surface area (Å²) < 4.78 is 22.7. The van der Waals surface area contributed by atoms with Gasteiger partial charge in [-0.05, 0) is 25.7 Å². The highest BCUT2D eigenvalue weighted by Crippen LogP contribution is 2.11. The van der Waals surface area contributed by atoms with E-state index in [0.717, 1.165) is 19.4 Å². The number of amides is 1. The first kappa shape index (κ1) is 24.7. The third-order valence-electron chi connectivity index (χ3n) is 4.28. The van der Waals surface area contributed by atoms with Crippen LogP contribution in [0.25, 0.3) is 0 Å². The normalized spacial score (nSPS) is 14.6. The maximum absolute atomic E-state index is 11.8. The molecule has 0 aromatic heterocycles. The van der Waals surface area contributed by atoms with Gasteiger partial charge in [0.15, 0.2) is 5.96 Å². The Morgan fingerprint density at radius 3 is 2.35 bits per heavy atom. The predicted molar refractivity (Wildman–Crippen MR) is 109 cm³/mol. The molecule has 0 spiro atoms. The van der Waals surface area contributed by atoms with Crippen molar-refractivity contribution in [1.29, 1.82) is 0 Å². The topological polar surface area (TPSA) is 90.9 Å². The second-order valence-electron chi connectivity index (χ2n) is 7.21. The molecule has 0 saturated heterocycles. The minimum absolute atomic E-state index is 0.0545. The molecule has 154 valence electrons. The van der Waals surface area contributed by atoms with Crippen molar-refractivity contribution in [3.05, 3.63) is 0 Å². The van der Waals surface area contributed by atoms with Gasteiger partial charge in [-0.25, -0.2) is 13.4 Å². The number of carbonyl (C=O) groups excluding carboxylic acids is 1. The maximum atomic E-state index is 11.8. The Balaban J connectivity index is 4.82. The number of aliphatic imine (C=N–C) groups is 1. The SMILES string of the molecule is CCCCC(CC)CNC(=NCC(=O)N(C)C)NC(C)CCS(C)(=O)=O. The lowest BCUT2D eigenvalue weighted by molar-refractivity contribution is -0.127. The van der Waals surface area contributed by atoms with Gasteiger partial charge in [-0.15, -0.1) is 0 Å². The van der Waals surface area contributed by atoms with E-state index in [9.17, 15) is 13.2 Å². The smallest absolute Gasteiger partial charge is 0.243 e. The molecule has 0 fully saturated rings. The van der Waals surface area contributed by atoms with E-state index in [-0.39, 0.29) is 24.2 Å². The minimum atomic E-state index is -2.99. The van der Waals surface area contributed by atoms with Gasteiger partial charge < -0.3 is 15.5 Å². The van der Waals surface area contributed by atoms with Crippen molar-refractivity contribution in [2.24, 2.45) is 10.9 Å². The lowest BCUT2D eigenvalue weighted by atomic mass is 9.99. The molecule has 26 heavy (non-hydrogen) atoms. The van der Waals surface area contributed by atoms with Crippen LogP contribution in [0.2, 0.25) is 0 Å². The number of sulfone groups is 1. The monoisotopic (exact) mass is 390 g/mol. The van der Waals surface area contributed by atoms with Crippen LogP contribution in [0.4, 0.5) is 0 Å². The van der Waals surface area contributed by atoms with E-state index in [0.29, 0.717) is 18.3 Å².